The second kappa shape index (κ2) is 11.3. The second-order valence-corrected chi connectivity index (χ2v) is 24.0. The van der Waals surface area contributed by atoms with Gasteiger partial charge in [-0.05, 0) is 85.8 Å². The first-order valence-electron chi connectivity index (χ1n) is 14.2. The van der Waals surface area contributed by atoms with Crippen molar-refractivity contribution < 1.29 is 18.7 Å². The van der Waals surface area contributed by atoms with Crippen molar-refractivity contribution in [2.24, 2.45) is 11.8 Å². The molecule has 1 aromatic rings. The van der Waals surface area contributed by atoms with Gasteiger partial charge in [0.1, 0.15) is 0 Å². The normalized spacial score (nSPS) is 28.4. The van der Waals surface area contributed by atoms with Crippen LogP contribution < -0.4 is 0 Å². The largest absolute Gasteiger partial charge is 0.414 e. The zero-order valence-corrected chi connectivity index (χ0v) is 26.8. The van der Waals surface area contributed by atoms with E-state index in [0.717, 1.165) is 38.5 Å². The lowest BCUT2D eigenvalue weighted by Gasteiger charge is -2.41. The van der Waals surface area contributed by atoms with Crippen LogP contribution in [0.2, 0.25) is 36.3 Å². The molecule has 0 radical (unpaired) electrons. The number of fused-ring (bicyclic) bond motifs is 1. The molecule has 0 bridgehead atoms. The Balaban J connectivity index is 1.75. The lowest BCUT2D eigenvalue weighted by Crippen LogP contribution is -2.46. The van der Waals surface area contributed by atoms with Gasteiger partial charge in [0.25, 0.3) is 0 Å². The molecule has 1 heterocycles. The van der Waals surface area contributed by atoms with Crippen LogP contribution in [-0.4, -0.2) is 46.3 Å². The van der Waals surface area contributed by atoms with Crippen LogP contribution in [0.4, 0.5) is 0 Å². The number of aliphatic hydroxyl groups is 1. The molecule has 1 aliphatic carbocycles. The summed E-state index contributed by atoms with van der Waals surface area (Å²) in [7, 11) is -3.79. The minimum Gasteiger partial charge on any atom is -0.414 e. The van der Waals surface area contributed by atoms with Gasteiger partial charge in [-0.15, -0.1) is 0 Å². The predicted molar refractivity (Wildman–Crippen MR) is 155 cm³/mol. The molecule has 2 fully saturated rings. The van der Waals surface area contributed by atoms with Gasteiger partial charge in [-0.25, -0.2) is 0 Å². The van der Waals surface area contributed by atoms with Crippen LogP contribution >= 0.6 is 0 Å². The molecular weight excluding hydrogens is 480 g/mol. The summed E-state index contributed by atoms with van der Waals surface area (Å²) in [6.07, 6.45) is 5.83. The monoisotopic (exact) mass is 534 g/mol. The van der Waals surface area contributed by atoms with Crippen LogP contribution in [0, 0.1) is 11.8 Å². The molecule has 1 saturated carbocycles. The molecule has 0 spiro atoms. The van der Waals surface area contributed by atoms with Gasteiger partial charge in [-0.2, -0.15) is 0 Å². The maximum Gasteiger partial charge on any atom is 0.192 e. The van der Waals surface area contributed by atoms with Gasteiger partial charge in [0, 0.05) is 12.5 Å². The van der Waals surface area contributed by atoms with Crippen molar-refractivity contribution in [3.63, 3.8) is 0 Å². The molecule has 0 amide bonds. The molecule has 1 aromatic carbocycles. The van der Waals surface area contributed by atoms with E-state index in [9.17, 15) is 5.11 Å². The summed E-state index contributed by atoms with van der Waals surface area (Å²) in [4.78, 5) is 0. The Hall–Kier alpha value is -0.506. The molecule has 5 unspecified atom stereocenters. The average Bonchev–Trinajstić information content (AvgIpc) is 3.24. The highest BCUT2D eigenvalue weighted by molar-refractivity contribution is 6.74. The fourth-order valence-electron chi connectivity index (χ4n) is 5.40. The Labute approximate surface area is 223 Å². The summed E-state index contributed by atoms with van der Waals surface area (Å²) >= 11 is 0. The number of benzene rings is 1. The van der Waals surface area contributed by atoms with E-state index in [2.05, 4.69) is 98.1 Å². The summed E-state index contributed by atoms with van der Waals surface area (Å²) in [5.41, 5.74) is 1.38. The van der Waals surface area contributed by atoms with Crippen LogP contribution in [0.1, 0.15) is 79.2 Å². The number of aliphatic hydroxyl groups excluding tert-OH is 1. The Morgan fingerprint density at radius 1 is 0.917 bits per heavy atom. The zero-order chi connectivity index (χ0) is 26.9. The third-order valence-corrected chi connectivity index (χ3v) is 18.8. The van der Waals surface area contributed by atoms with Crippen molar-refractivity contribution in [3.8, 4) is 0 Å². The van der Waals surface area contributed by atoms with Crippen LogP contribution in [0.15, 0.2) is 30.3 Å². The van der Waals surface area contributed by atoms with Gasteiger partial charge in [-0.3, -0.25) is 0 Å². The summed E-state index contributed by atoms with van der Waals surface area (Å²) in [5, 5.41) is 10.6. The molecule has 2 aliphatic rings. The molecule has 4 nitrogen and oxygen atoms in total. The van der Waals surface area contributed by atoms with Crippen molar-refractivity contribution >= 4 is 16.6 Å². The lowest BCUT2D eigenvalue weighted by molar-refractivity contribution is -0.0946. The van der Waals surface area contributed by atoms with Gasteiger partial charge in [0.15, 0.2) is 22.9 Å². The fraction of sp³-hybridized carbons (Fsp3) is 0.800. The summed E-state index contributed by atoms with van der Waals surface area (Å²) in [6, 6.07) is 10.8. The van der Waals surface area contributed by atoms with E-state index in [1.807, 2.05) is 0 Å². The number of hydrogen-bond acceptors (Lipinski definition) is 4. The molecular formula is C30H54O4Si2. The quantitative estimate of drug-likeness (QED) is 0.310. The Kier molecular flexibility index (Phi) is 9.44. The summed E-state index contributed by atoms with van der Waals surface area (Å²) < 4.78 is 20.0. The first kappa shape index (κ1) is 30.0. The average molecular weight is 535 g/mol. The Morgan fingerprint density at radius 2 is 1.53 bits per heavy atom. The van der Waals surface area contributed by atoms with Crippen molar-refractivity contribution in [2.75, 3.05) is 0 Å². The molecule has 3 rings (SSSR count). The standard InChI is InChI=1S/C30H54O4Si2/c1-29(2,3)35(7,8)33-23(17-16-22-14-12-11-13-15-22)18-19-24-25-20-28(31)32-26(25)21-27(24)34-36(9,10)30(4,5)6/h11-15,23-28,31H,16-21H2,1-10H3/t23-,24?,25?,26?,27?,28?/m0/s1. The van der Waals surface area contributed by atoms with E-state index in [-0.39, 0.29) is 28.4 Å². The number of ether oxygens (including phenoxy) is 1. The highest BCUT2D eigenvalue weighted by Gasteiger charge is 2.52. The number of rotatable bonds is 10. The van der Waals surface area contributed by atoms with Crippen LogP contribution in [0.25, 0.3) is 0 Å². The van der Waals surface area contributed by atoms with Gasteiger partial charge in [0.05, 0.1) is 12.2 Å². The Morgan fingerprint density at radius 3 is 2.11 bits per heavy atom. The predicted octanol–water partition coefficient (Wildman–Crippen LogP) is 7.92. The smallest absolute Gasteiger partial charge is 0.192 e. The van der Waals surface area contributed by atoms with E-state index in [0.29, 0.717) is 11.8 Å². The van der Waals surface area contributed by atoms with Crippen LogP contribution in [-0.2, 0) is 20.0 Å². The van der Waals surface area contributed by atoms with Gasteiger partial charge >= 0.3 is 0 Å². The van der Waals surface area contributed by atoms with Crippen LogP contribution in [0.5, 0.6) is 0 Å². The molecule has 36 heavy (non-hydrogen) atoms. The van der Waals surface area contributed by atoms with E-state index >= 15 is 0 Å². The molecule has 1 N–H and O–H groups in total. The zero-order valence-electron chi connectivity index (χ0n) is 24.8. The maximum atomic E-state index is 10.3. The van der Waals surface area contributed by atoms with Crippen LogP contribution in [0.3, 0.4) is 0 Å². The summed E-state index contributed by atoms with van der Waals surface area (Å²) in [5.74, 6) is 0.806. The maximum absolute atomic E-state index is 10.3. The topological polar surface area (TPSA) is 47.9 Å². The minimum atomic E-state index is -1.90. The molecule has 6 atom stereocenters. The van der Waals surface area contributed by atoms with E-state index in [1.54, 1.807) is 0 Å². The van der Waals surface area contributed by atoms with Crippen molar-refractivity contribution in [1.82, 2.24) is 0 Å². The van der Waals surface area contributed by atoms with E-state index in [4.69, 9.17) is 13.6 Å². The highest BCUT2D eigenvalue weighted by atomic mass is 28.4. The number of hydrogen-bond donors (Lipinski definition) is 1. The van der Waals surface area contributed by atoms with E-state index in [1.165, 1.54) is 5.56 Å². The first-order valence-corrected chi connectivity index (χ1v) is 20.0. The minimum absolute atomic E-state index is 0.129. The third kappa shape index (κ3) is 7.32. The van der Waals surface area contributed by atoms with E-state index < -0.39 is 22.9 Å². The fourth-order valence-corrected chi connectivity index (χ4v) is 8.20. The Bertz CT molecular complexity index is 828. The highest BCUT2D eigenvalue weighted by Crippen LogP contribution is 2.49. The SMILES string of the molecule is CC(C)(C)[Si](C)(C)OC1CC2OC(O)CC2C1CC[C@H](CCc1ccccc1)O[Si](C)(C)C(C)(C)C. The van der Waals surface area contributed by atoms with Crippen molar-refractivity contribution in [2.45, 2.75) is 141 Å². The third-order valence-electron chi connectivity index (χ3n) is 9.71. The molecule has 1 aliphatic heterocycles. The summed E-state index contributed by atoms with van der Waals surface area (Å²) in [6.45, 7) is 23.4. The molecule has 206 valence electrons. The van der Waals surface area contributed by atoms with Gasteiger partial charge in [-0.1, -0.05) is 71.9 Å². The number of aryl methyl sites for hydroxylation is 1. The molecule has 6 heteroatoms. The molecule has 0 aromatic heterocycles. The van der Waals surface area contributed by atoms with Crippen molar-refractivity contribution in [3.05, 3.63) is 35.9 Å². The lowest BCUT2D eigenvalue weighted by atomic mass is 9.86. The van der Waals surface area contributed by atoms with Crippen molar-refractivity contribution in [1.29, 1.82) is 0 Å². The molecule has 1 saturated heterocycles. The van der Waals surface area contributed by atoms with Gasteiger partial charge in [0.2, 0.25) is 0 Å². The second-order valence-electron chi connectivity index (χ2n) is 14.4. The first-order chi connectivity index (χ1) is 16.5. The van der Waals surface area contributed by atoms with Gasteiger partial charge < -0.3 is 18.7 Å².